The van der Waals surface area contributed by atoms with Crippen LogP contribution in [-0.4, -0.2) is 48.9 Å². The summed E-state index contributed by atoms with van der Waals surface area (Å²) >= 11 is 0. The van der Waals surface area contributed by atoms with Crippen molar-refractivity contribution in [2.24, 2.45) is 0 Å². The number of amides is 1. The number of benzene rings is 5. The summed E-state index contributed by atoms with van der Waals surface area (Å²) in [4.78, 5) is 41.1. The van der Waals surface area contributed by atoms with Crippen molar-refractivity contribution in [3.05, 3.63) is 167 Å². The van der Waals surface area contributed by atoms with Crippen molar-refractivity contribution < 1.29 is 23.9 Å². The van der Waals surface area contributed by atoms with E-state index in [9.17, 15) is 14.4 Å². The first-order valence-electron chi connectivity index (χ1n) is 15.6. The first kappa shape index (κ1) is 32.7. The number of para-hydroxylation sites is 1. The summed E-state index contributed by atoms with van der Waals surface area (Å²) in [5.74, 6) is 0.114. The van der Waals surface area contributed by atoms with E-state index in [1.165, 1.54) is 7.11 Å². The van der Waals surface area contributed by atoms with Crippen LogP contribution in [-0.2, 0) is 22.5 Å². The van der Waals surface area contributed by atoms with Crippen molar-refractivity contribution >= 4 is 23.3 Å². The molecule has 5 aromatic carbocycles. The van der Waals surface area contributed by atoms with Crippen LogP contribution in [0.1, 0.15) is 43.8 Å². The Kier molecular flexibility index (Phi) is 11.5. The molecule has 0 aliphatic heterocycles. The maximum Gasteiger partial charge on any atom is 0.328 e. The van der Waals surface area contributed by atoms with Crippen LogP contribution in [0.25, 0.3) is 0 Å². The van der Waals surface area contributed by atoms with Crippen LogP contribution in [0.3, 0.4) is 0 Å². The summed E-state index contributed by atoms with van der Waals surface area (Å²) in [6.45, 7) is 1.50. The third-order valence-corrected chi connectivity index (χ3v) is 7.75. The van der Waals surface area contributed by atoms with E-state index in [2.05, 4.69) is 5.32 Å². The molecule has 0 aromatic heterocycles. The monoisotopic (exact) mass is 626 g/mol. The fraction of sp³-hybridized carbons (Fsp3) is 0.175. The summed E-state index contributed by atoms with van der Waals surface area (Å²) in [6.07, 6.45) is 0.999. The molecule has 1 amide bonds. The van der Waals surface area contributed by atoms with Crippen molar-refractivity contribution in [3.63, 3.8) is 0 Å². The van der Waals surface area contributed by atoms with Gasteiger partial charge < -0.3 is 19.7 Å². The van der Waals surface area contributed by atoms with E-state index < -0.39 is 12.0 Å². The summed E-state index contributed by atoms with van der Waals surface area (Å²) < 4.78 is 11.1. The van der Waals surface area contributed by atoms with Crippen molar-refractivity contribution in [3.8, 4) is 5.75 Å². The molecule has 7 heteroatoms. The molecule has 238 valence electrons. The van der Waals surface area contributed by atoms with Gasteiger partial charge in [-0.1, -0.05) is 103 Å². The largest absolute Gasteiger partial charge is 0.494 e. The molecule has 7 nitrogen and oxygen atoms in total. The van der Waals surface area contributed by atoms with Crippen LogP contribution in [0.4, 0.5) is 5.69 Å². The normalized spacial score (nSPS) is 11.3. The number of nitrogens with one attached hydrogen (secondary N) is 1. The molecule has 0 heterocycles. The molecule has 0 bridgehead atoms. The molecule has 0 spiro atoms. The van der Waals surface area contributed by atoms with Crippen LogP contribution in [0.2, 0.25) is 0 Å². The van der Waals surface area contributed by atoms with Gasteiger partial charge in [0.1, 0.15) is 11.8 Å². The molecule has 0 fully saturated rings. The van der Waals surface area contributed by atoms with Crippen molar-refractivity contribution in [2.75, 3.05) is 25.6 Å². The predicted octanol–water partition coefficient (Wildman–Crippen LogP) is 7.23. The Labute approximate surface area is 275 Å². The lowest BCUT2D eigenvalue weighted by atomic mass is 10.00. The standard InChI is InChI=1S/C40H38N2O5/c1-46-40(45)37(41-36-21-12-11-20-35(36)38(43)32-16-7-3-8-17-32)28-30-22-24-34(25-23-30)47-27-13-26-42(29-31-14-5-2-6-15-31)39(44)33-18-9-4-10-19-33/h2-12,14-25,37,41H,13,26-29H2,1H3. The van der Waals surface area contributed by atoms with Gasteiger partial charge in [0.25, 0.3) is 5.91 Å². The zero-order valence-corrected chi connectivity index (χ0v) is 26.4. The van der Waals surface area contributed by atoms with Gasteiger partial charge in [-0.05, 0) is 53.9 Å². The molecule has 1 N–H and O–H groups in total. The summed E-state index contributed by atoms with van der Waals surface area (Å²) in [5, 5.41) is 3.24. The van der Waals surface area contributed by atoms with Gasteiger partial charge in [0.15, 0.2) is 5.78 Å². The number of anilines is 1. The zero-order chi connectivity index (χ0) is 32.8. The van der Waals surface area contributed by atoms with E-state index in [1.54, 1.807) is 30.3 Å². The van der Waals surface area contributed by atoms with Crippen LogP contribution in [0.15, 0.2) is 140 Å². The third kappa shape index (κ3) is 9.17. The topological polar surface area (TPSA) is 84.9 Å². The number of carbonyl (C=O) groups is 3. The van der Waals surface area contributed by atoms with Gasteiger partial charge in [-0.2, -0.15) is 0 Å². The molecule has 0 saturated heterocycles. The number of hydrogen-bond acceptors (Lipinski definition) is 6. The second kappa shape index (κ2) is 16.6. The van der Waals surface area contributed by atoms with E-state index in [1.807, 2.05) is 114 Å². The minimum atomic E-state index is -0.714. The van der Waals surface area contributed by atoms with E-state index in [0.29, 0.717) is 60.7 Å². The lowest BCUT2D eigenvalue weighted by Crippen LogP contribution is -2.33. The average molecular weight is 627 g/mol. The van der Waals surface area contributed by atoms with Crippen LogP contribution >= 0.6 is 0 Å². The van der Waals surface area contributed by atoms with Crippen molar-refractivity contribution in [2.45, 2.75) is 25.4 Å². The maximum absolute atomic E-state index is 13.3. The molecule has 5 aromatic rings. The Bertz CT molecular complexity index is 1740. The molecule has 1 unspecified atom stereocenters. The second-order valence-electron chi connectivity index (χ2n) is 11.1. The van der Waals surface area contributed by atoms with Gasteiger partial charge in [-0.15, -0.1) is 0 Å². The Morgan fingerprint density at radius 3 is 1.94 bits per heavy atom. The fourth-order valence-electron chi connectivity index (χ4n) is 5.30. The molecule has 1 atom stereocenters. The van der Waals surface area contributed by atoms with Crippen LogP contribution < -0.4 is 10.1 Å². The first-order chi connectivity index (χ1) is 23.0. The third-order valence-electron chi connectivity index (χ3n) is 7.75. The number of methoxy groups -OCH3 is 1. The fourth-order valence-corrected chi connectivity index (χ4v) is 5.30. The molecule has 0 saturated carbocycles. The summed E-state index contributed by atoms with van der Waals surface area (Å²) in [5.41, 5.74) is 4.23. The number of nitrogens with zero attached hydrogens (tertiary/aromatic N) is 1. The Morgan fingerprint density at radius 2 is 1.28 bits per heavy atom. The molecule has 0 aliphatic rings. The quantitative estimate of drug-likeness (QED) is 0.0750. The highest BCUT2D eigenvalue weighted by Crippen LogP contribution is 2.22. The Balaban J connectivity index is 1.18. The highest BCUT2D eigenvalue weighted by molar-refractivity contribution is 6.12. The molecular weight excluding hydrogens is 588 g/mol. The lowest BCUT2D eigenvalue weighted by Gasteiger charge is -2.23. The number of ketones is 1. The van der Waals surface area contributed by atoms with Crippen LogP contribution in [0, 0.1) is 0 Å². The lowest BCUT2D eigenvalue weighted by molar-refractivity contribution is -0.141. The first-order valence-corrected chi connectivity index (χ1v) is 15.6. The minimum Gasteiger partial charge on any atom is -0.494 e. The van der Waals surface area contributed by atoms with Crippen LogP contribution in [0.5, 0.6) is 5.75 Å². The van der Waals surface area contributed by atoms with Gasteiger partial charge >= 0.3 is 5.97 Å². The number of carbonyl (C=O) groups excluding carboxylic acids is 3. The van der Waals surface area contributed by atoms with E-state index >= 15 is 0 Å². The second-order valence-corrected chi connectivity index (χ2v) is 11.1. The van der Waals surface area contributed by atoms with Gasteiger partial charge in [-0.25, -0.2) is 4.79 Å². The SMILES string of the molecule is COC(=O)C(Cc1ccc(OCCCN(Cc2ccccc2)C(=O)c2ccccc2)cc1)Nc1ccccc1C(=O)c1ccccc1. The Hall–Kier alpha value is -5.69. The van der Waals surface area contributed by atoms with E-state index in [4.69, 9.17) is 9.47 Å². The van der Waals surface area contributed by atoms with Gasteiger partial charge in [0, 0.05) is 41.9 Å². The molecule has 5 rings (SSSR count). The van der Waals surface area contributed by atoms with Crippen molar-refractivity contribution in [1.82, 2.24) is 4.90 Å². The van der Waals surface area contributed by atoms with Gasteiger partial charge in [-0.3, -0.25) is 9.59 Å². The van der Waals surface area contributed by atoms with Gasteiger partial charge in [0.05, 0.1) is 13.7 Å². The maximum atomic E-state index is 13.3. The average Bonchev–Trinajstić information content (AvgIpc) is 3.13. The number of ether oxygens (including phenoxy) is 2. The van der Waals surface area contributed by atoms with Gasteiger partial charge in [0.2, 0.25) is 0 Å². The minimum absolute atomic E-state index is 0.0142. The summed E-state index contributed by atoms with van der Waals surface area (Å²) in [6, 6.07) is 42.3. The number of hydrogen-bond donors (Lipinski definition) is 1. The molecule has 47 heavy (non-hydrogen) atoms. The van der Waals surface area contributed by atoms with Crippen molar-refractivity contribution in [1.29, 1.82) is 0 Å². The zero-order valence-electron chi connectivity index (χ0n) is 26.4. The molecule has 0 radical (unpaired) electrons. The smallest absolute Gasteiger partial charge is 0.328 e. The van der Waals surface area contributed by atoms with E-state index in [-0.39, 0.29) is 11.7 Å². The highest BCUT2D eigenvalue weighted by Gasteiger charge is 2.23. The summed E-state index contributed by atoms with van der Waals surface area (Å²) in [7, 11) is 1.35. The predicted molar refractivity (Wildman–Crippen MR) is 184 cm³/mol. The number of rotatable bonds is 15. The van der Waals surface area contributed by atoms with E-state index in [0.717, 1.165) is 11.1 Å². The highest BCUT2D eigenvalue weighted by atomic mass is 16.5. The molecule has 0 aliphatic carbocycles. The Morgan fingerprint density at radius 1 is 0.681 bits per heavy atom. The number of esters is 1. The molecular formula is C40H38N2O5.